The van der Waals surface area contributed by atoms with Gasteiger partial charge in [-0.25, -0.2) is 0 Å². The van der Waals surface area contributed by atoms with Crippen molar-refractivity contribution in [1.82, 2.24) is 0 Å². The maximum atomic E-state index is 4.93. The summed E-state index contributed by atoms with van der Waals surface area (Å²) in [6.45, 7) is 6.61. The van der Waals surface area contributed by atoms with E-state index in [1.54, 1.807) is 0 Å². The van der Waals surface area contributed by atoms with Crippen molar-refractivity contribution in [1.29, 1.82) is 0 Å². The van der Waals surface area contributed by atoms with Crippen LogP contribution in [0.5, 0.6) is 0 Å². The third-order valence-corrected chi connectivity index (χ3v) is 8.68. The molecule has 6 aromatic rings. The van der Waals surface area contributed by atoms with E-state index < -0.39 is 20.8 Å². The molecule has 0 amide bonds. The molecule has 7 rings (SSSR count). The minimum Gasteiger partial charge on any atom is -0.184 e. The first-order chi connectivity index (χ1) is 20.0. The van der Waals surface area contributed by atoms with E-state index in [4.69, 9.17) is 17.0 Å². The molecule has 200 valence electrons. The Morgan fingerprint density at radius 1 is 0.756 bits per heavy atom. The Bertz CT molecular complexity index is 1710. The summed E-state index contributed by atoms with van der Waals surface area (Å²) in [6.07, 6.45) is 1.05. The van der Waals surface area contributed by atoms with E-state index in [-0.39, 0.29) is 0 Å². The Hall–Kier alpha value is -2.61. The van der Waals surface area contributed by atoms with Gasteiger partial charge in [-0.05, 0) is 31.4 Å². The second-order valence-corrected chi connectivity index (χ2v) is 15.2. The molecule has 1 aliphatic rings. The summed E-state index contributed by atoms with van der Waals surface area (Å²) in [6, 6.07) is 44.9. The molecule has 0 aromatic heterocycles. The van der Waals surface area contributed by atoms with Crippen LogP contribution in [-0.2, 0) is 27.3 Å². The van der Waals surface area contributed by atoms with Gasteiger partial charge in [-0.3, -0.25) is 0 Å². The zero-order valence-electron chi connectivity index (χ0n) is 23.4. The second-order valence-electron chi connectivity index (χ2n) is 10.1. The standard InChI is InChI=1S/C25H23.C12H7Si.2ClH.Zr/c1-4-19-10-11-21-15-22(20-8-6-5-7-9-20)16-24(21)25(19)23-13-17(2)12-18(3)14-23;1-3-7-11-9(5-1)10-6-2-4-8-12(10)13-11;;;/h5-16H,4H2,1-3H3;1-7H;2*1H;/q2*-1;;;+4/p-2. The molecule has 2 radical (unpaired) electrons. The van der Waals surface area contributed by atoms with Crippen LogP contribution in [0.15, 0.2) is 115 Å². The predicted octanol–water partition coefficient (Wildman–Crippen LogP) is 9.57. The van der Waals surface area contributed by atoms with Crippen LogP contribution in [0.4, 0.5) is 0 Å². The predicted molar refractivity (Wildman–Crippen MR) is 177 cm³/mol. The Morgan fingerprint density at radius 3 is 2.17 bits per heavy atom. The normalized spacial score (nSPS) is 11.0. The third-order valence-electron chi connectivity index (χ3n) is 7.31. The van der Waals surface area contributed by atoms with Gasteiger partial charge in [-0.1, -0.05) is 119 Å². The zero-order valence-corrected chi connectivity index (χ0v) is 28.4. The second kappa shape index (κ2) is 14.0. The van der Waals surface area contributed by atoms with E-state index in [1.165, 1.54) is 71.2 Å². The van der Waals surface area contributed by atoms with Crippen LogP contribution < -0.4 is 10.4 Å². The van der Waals surface area contributed by atoms with E-state index in [9.17, 15) is 0 Å². The summed E-state index contributed by atoms with van der Waals surface area (Å²) in [4.78, 5) is 0. The summed E-state index contributed by atoms with van der Waals surface area (Å²) in [5, 5.41) is 5.51. The first kappa shape index (κ1) is 29.9. The zero-order chi connectivity index (χ0) is 28.8. The number of halogens is 2. The van der Waals surface area contributed by atoms with E-state index in [1.807, 2.05) is 6.07 Å². The van der Waals surface area contributed by atoms with Gasteiger partial charge in [0.05, 0.1) is 9.52 Å². The first-order valence-corrected chi connectivity index (χ1v) is 21.0. The molecule has 41 heavy (non-hydrogen) atoms. The molecule has 0 saturated heterocycles. The van der Waals surface area contributed by atoms with Crippen LogP contribution in [-0.4, -0.2) is 9.52 Å². The minimum absolute atomic E-state index is 0.795. The van der Waals surface area contributed by atoms with Crippen LogP contribution in [0.2, 0.25) is 0 Å². The number of rotatable bonds is 3. The summed E-state index contributed by atoms with van der Waals surface area (Å²) < 4.78 is 0. The summed E-state index contributed by atoms with van der Waals surface area (Å²) in [5.41, 5.74) is 12.1. The van der Waals surface area contributed by atoms with Crippen LogP contribution in [0, 0.1) is 19.9 Å². The molecule has 0 nitrogen and oxygen atoms in total. The quantitative estimate of drug-likeness (QED) is 0.130. The van der Waals surface area contributed by atoms with E-state index >= 15 is 0 Å². The number of benzene rings is 5. The van der Waals surface area contributed by atoms with Gasteiger partial charge < -0.3 is 0 Å². The SMILES string of the molecule is CCc1ccc2[cH-]c(-c3ccccc3)cc2c1-c1cc(C)cc(C)c1.[Cl][Zr+2][Cl].[c-]1cccc2c1[Si]c1ccccc1-2. The van der Waals surface area contributed by atoms with Gasteiger partial charge in [0, 0.05) is 0 Å². The monoisotopic (exact) mass is 662 g/mol. The Kier molecular flexibility index (Phi) is 10.2. The molecule has 0 atom stereocenters. The molecule has 0 fully saturated rings. The van der Waals surface area contributed by atoms with Crippen LogP contribution in [0.3, 0.4) is 0 Å². The Morgan fingerprint density at radius 2 is 1.44 bits per heavy atom. The van der Waals surface area contributed by atoms with Crippen molar-refractivity contribution in [3.05, 3.63) is 138 Å². The maximum absolute atomic E-state index is 4.93. The van der Waals surface area contributed by atoms with Crippen molar-refractivity contribution in [2.24, 2.45) is 0 Å². The molecule has 0 bridgehead atoms. The average molecular weight is 665 g/mol. The Balaban J connectivity index is 0.000000175. The molecule has 1 heterocycles. The van der Waals surface area contributed by atoms with Gasteiger partial charge in [0.15, 0.2) is 0 Å². The largest absolute Gasteiger partial charge is 0.184 e. The number of aryl methyl sites for hydroxylation is 3. The number of hydrogen-bond acceptors (Lipinski definition) is 0. The molecular formula is C37H30Cl2SiZr. The van der Waals surface area contributed by atoms with Crippen molar-refractivity contribution in [2.45, 2.75) is 27.2 Å². The number of fused-ring (bicyclic) bond motifs is 4. The average Bonchev–Trinajstić information content (AvgIpc) is 3.59. The van der Waals surface area contributed by atoms with E-state index in [2.05, 4.69) is 136 Å². The van der Waals surface area contributed by atoms with Crippen LogP contribution in [0.1, 0.15) is 23.6 Å². The molecule has 1 aliphatic heterocycles. The fourth-order valence-corrected chi connectivity index (χ4v) is 6.91. The first-order valence-electron chi connectivity index (χ1n) is 13.7. The van der Waals surface area contributed by atoms with Crippen molar-refractivity contribution < 1.29 is 20.8 Å². The summed E-state index contributed by atoms with van der Waals surface area (Å²) in [5.74, 6) is 0. The fourth-order valence-electron chi connectivity index (χ4n) is 5.61. The molecule has 0 spiro atoms. The van der Waals surface area contributed by atoms with Gasteiger partial charge in [0.1, 0.15) is 0 Å². The molecule has 0 saturated carbocycles. The molecule has 0 aliphatic carbocycles. The molecule has 6 aromatic carbocycles. The van der Waals surface area contributed by atoms with Gasteiger partial charge in [-0.15, -0.1) is 40.1 Å². The fraction of sp³-hybridized carbons (Fsp3) is 0.108. The smallest absolute Gasteiger partial charge is 0.0920 e. The van der Waals surface area contributed by atoms with Crippen molar-refractivity contribution in [3.63, 3.8) is 0 Å². The van der Waals surface area contributed by atoms with Gasteiger partial charge in [0.2, 0.25) is 0 Å². The van der Waals surface area contributed by atoms with Gasteiger partial charge in [0.25, 0.3) is 0 Å². The number of hydrogen-bond donors (Lipinski definition) is 0. The van der Waals surface area contributed by atoms with E-state index in [0.29, 0.717) is 0 Å². The van der Waals surface area contributed by atoms with Crippen molar-refractivity contribution in [3.8, 4) is 33.4 Å². The molecular weight excluding hydrogens is 635 g/mol. The van der Waals surface area contributed by atoms with Gasteiger partial charge in [-0.2, -0.15) is 29.5 Å². The minimum atomic E-state index is -0.826. The van der Waals surface area contributed by atoms with Crippen molar-refractivity contribution >= 4 is 47.7 Å². The third kappa shape index (κ3) is 6.90. The van der Waals surface area contributed by atoms with Crippen LogP contribution in [0.25, 0.3) is 44.2 Å². The van der Waals surface area contributed by atoms with Crippen molar-refractivity contribution in [2.75, 3.05) is 0 Å². The molecule has 0 unspecified atom stereocenters. The molecule has 4 heteroatoms. The van der Waals surface area contributed by atoms with E-state index in [0.717, 1.165) is 15.9 Å². The summed E-state index contributed by atoms with van der Waals surface area (Å²) >= 11 is -0.826. The molecule has 0 N–H and O–H groups in total. The summed E-state index contributed by atoms with van der Waals surface area (Å²) in [7, 11) is 10.7. The Labute approximate surface area is 265 Å². The van der Waals surface area contributed by atoms with Crippen LogP contribution >= 0.6 is 17.0 Å². The van der Waals surface area contributed by atoms with Gasteiger partial charge >= 0.3 is 37.9 Å². The topological polar surface area (TPSA) is 0 Å². The maximum Gasteiger partial charge on any atom is 0.0920 e.